The van der Waals surface area contributed by atoms with Crippen LogP contribution in [0.4, 0.5) is 0 Å². The van der Waals surface area contributed by atoms with E-state index in [2.05, 4.69) is 107 Å². The summed E-state index contributed by atoms with van der Waals surface area (Å²) in [6, 6.07) is 9.81. The first-order valence-corrected chi connectivity index (χ1v) is 29.4. The molecule has 0 radical (unpaired) electrons. The first-order chi connectivity index (χ1) is 32.6. The number of aryl methyl sites for hydroxylation is 4. The number of nitrogens with zero attached hydrogens (tertiary/aromatic N) is 2. The summed E-state index contributed by atoms with van der Waals surface area (Å²) in [5.41, 5.74) is 28.9. The average Bonchev–Trinajstić information content (AvgIpc) is 3.61. The Morgan fingerprint density at radius 1 is 0.368 bits per heavy atom. The molecule has 0 atom stereocenters. The SMILES string of the molecule is CCCCCCCCCCCCCCCCC1=C(c2cc(CCCCCC)c(CCCCCC)c(CCCCCC)c2)[N+](=[N-])C(c2cc(C)c(C)c(C)c2)=C1CCCC.[CH2-]CCC.[CH2-]CCC.[Pd+2]. The van der Waals surface area contributed by atoms with Crippen molar-refractivity contribution in [3.05, 3.63) is 99.3 Å². The molecule has 0 amide bonds. The second-order valence-electron chi connectivity index (χ2n) is 20.6. The summed E-state index contributed by atoms with van der Waals surface area (Å²) in [6.45, 7) is 29.8. The van der Waals surface area contributed by atoms with Gasteiger partial charge in [-0.05, 0) is 143 Å². The van der Waals surface area contributed by atoms with E-state index >= 15 is 0 Å². The van der Waals surface area contributed by atoms with Gasteiger partial charge in [0.25, 0.3) is 0 Å². The molecular weight excluding hydrogens is 915 g/mol. The molecule has 0 saturated carbocycles. The fourth-order valence-electron chi connectivity index (χ4n) is 9.72. The zero-order valence-electron chi connectivity index (χ0n) is 47.1. The van der Waals surface area contributed by atoms with Crippen molar-refractivity contribution in [3.63, 3.8) is 0 Å². The predicted molar refractivity (Wildman–Crippen MR) is 303 cm³/mol. The predicted octanol–water partition coefficient (Wildman–Crippen LogP) is 22.5. The number of allylic oxidation sites excluding steroid dienone is 2. The molecule has 1 heterocycles. The van der Waals surface area contributed by atoms with Crippen molar-refractivity contribution in [1.82, 2.24) is 0 Å². The fraction of sp³-hybridized carbons (Fsp3) is 0.723. The molecule has 3 rings (SSSR count). The third-order valence-electron chi connectivity index (χ3n) is 14.4. The van der Waals surface area contributed by atoms with E-state index in [1.54, 1.807) is 21.4 Å². The molecule has 0 spiro atoms. The summed E-state index contributed by atoms with van der Waals surface area (Å²) < 4.78 is 1.69. The molecule has 0 aromatic heterocycles. The van der Waals surface area contributed by atoms with E-state index in [0.29, 0.717) is 0 Å². The zero-order chi connectivity index (χ0) is 49.5. The molecule has 0 saturated heterocycles. The Morgan fingerprint density at radius 2 is 0.647 bits per heavy atom. The van der Waals surface area contributed by atoms with E-state index in [9.17, 15) is 5.53 Å². The van der Waals surface area contributed by atoms with Crippen LogP contribution in [0.1, 0.15) is 311 Å². The van der Waals surface area contributed by atoms with Crippen LogP contribution in [-0.4, -0.2) is 4.70 Å². The van der Waals surface area contributed by atoms with E-state index in [4.69, 9.17) is 0 Å². The number of hydrogen-bond donors (Lipinski definition) is 0. The van der Waals surface area contributed by atoms with Gasteiger partial charge in [-0.3, -0.25) is 0 Å². The van der Waals surface area contributed by atoms with Crippen molar-refractivity contribution in [2.75, 3.05) is 0 Å². The maximum absolute atomic E-state index is 12.7. The smallest absolute Gasteiger partial charge is 0.493 e. The van der Waals surface area contributed by atoms with Crippen LogP contribution in [-0.2, 0) is 39.7 Å². The summed E-state index contributed by atoms with van der Waals surface area (Å²) >= 11 is 0. The standard InChI is InChI=1S/C57H94N2.2C4H9.Pd/c1-9-14-19-23-24-25-26-27-28-29-30-31-32-36-41-55-54(39-18-13-5)56(51-42-46(6)48(8)47(7)43-51)59(58)57(55)52-44-49(37-33-20-15-10-2)53(40-35-22-17-12-4)50(45-52)38-34-21-16-11-3;2*1-3-4-2;/h42-45H,9-41H2,1-8H3;2*1,3-4H2,2H3;/q;2*-1;+2. The number of hydrogen-bond acceptors (Lipinski definition) is 0. The molecule has 2 nitrogen and oxygen atoms in total. The van der Waals surface area contributed by atoms with Crippen molar-refractivity contribution in [1.29, 1.82) is 0 Å². The van der Waals surface area contributed by atoms with Crippen molar-refractivity contribution < 1.29 is 25.1 Å². The molecule has 392 valence electrons. The van der Waals surface area contributed by atoms with Crippen molar-refractivity contribution in [2.45, 2.75) is 307 Å². The van der Waals surface area contributed by atoms with Crippen molar-refractivity contribution in [3.8, 4) is 0 Å². The second kappa shape index (κ2) is 43.9. The molecule has 0 aliphatic carbocycles. The van der Waals surface area contributed by atoms with Gasteiger partial charge in [0.1, 0.15) is 0 Å². The van der Waals surface area contributed by atoms with Crippen molar-refractivity contribution >= 4 is 11.4 Å². The van der Waals surface area contributed by atoms with Gasteiger partial charge in [-0.2, -0.15) is 12.8 Å². The summed E-state index contributed by atoms with van der Waals surface area (Å²) in [6.07, 6.45) is 47.3. The molecule has 0 N–H and O–H groups in total. The van der Waals surface area contributed by atoms with Gasteiger partial charge in [-0.1, -0.05) is 209 Å². The Kier molecular flexibility index (Phi) is 42.8. The maximum Gasteiger partial charge on any atom is 2.00 e. The Morgan fingerprint density at radius 3 is 1.00 bits per heavy atom. The monoisotopic (exact) mass is 1030 g/mol. The molecule has 68 heavy (non-hydrogen) atoms. The minimum atomic E-state index is 0. The van der Waals surface area contributed by atoms with Crippen LogP contribution >= 0.6 is 0 Å². The third-order valence-corrected chi connectivity index (χ3v) is 14.4. The van der Waals surface area contributed by atoms with Crippen LogP contribution in [0.5, 0.6) is 0 Å². The minimum Gasteiger partial charge on any atom is -0.493 e. The van der Waals surface area contributed by atoms with Gasteiger partial charge in [0.15, 0.2) is 0 Å². The van der Waals surface area contributed by atoms with Crippen molar-refractivity contribution in [2.24, 2.45) is 0 Å². The van der Waals surface area contributed by atoms with E-state index in [1.165, 1.54) is 225 Å². The quantitative estimate of drug-likeness (QED) is 0.0279. The van der Waals surface area contributed by atoms with Gasteiger partial charge in [-0.25, -0.2) is 4.70 Å². The summed E-state index contributed by atoms with van der Waals surface area (Å²) in [5.74, 6) is 0. The van der Waals surface area contributed by atoms with E-state index < -0.39 is 0 Å². The molecule has 0 bridgehead atoms. The number of unbranched alkanes of at least 4 members (excludes halogenated alkanes) is 25. The number of rotatable bonds is 37. The van der Waals surface area contributed by atoms with Gasteiger partial charge in [0.05, 0.1) is 0 Å². The topological polar surface area (TPSA) is 25.3 Å². The Balaban J connectivity index is 0.00000460. The maximum atomic E-state index is 12.7. The summed E-state index contributed by atoms with van der Waals surface area (Å²) in [7, 11) is 0. The zero-order valence-corrected chi connectivity index (χ0v) is 48.7. The minimum absolute atomic E-state index is 0. The molecule has 3 heteroatoms. The van der Waals surface area contributed by atoms with Gasteiger partial charge >= 0.3 is 20.4 Å². The van der Waals surface area contributed by atoms with Crippen LogP contribution in [0, 0.1) is 34.6 Å². The van der Waals surface area contributed by atoms with Gasteiger partial charge in [0, 0.05) is 22.3 Å². The normalized spacial score (nSPS) is 12.3. The first kappa shape index (κ1) is 66.2. The third kappa shape index (κ3) is 26.6. The Labute approximate surface area is 440 Å². The largest absolute Gasteiger partial charge is 2.00 e. The summed E-state index contributed by atoms with van der Waals surface area (Å²) in [4.78, 5) is 0. The van der Waals surface area contributed by atoms with Gasteiger partial charge in [0.2, 0.25) is 11.4 Å². The fourth-order valence-corrected chi connectivity index (χ4v) is 9.72. The molecule has 1 aliphatic heterocycles. The Bertz CT molecular complexity index is 1560. The first-order valence-electron chi connectivity index (χ1n) is 29.4. The molecule has 0 unspecified atom stereocenters. The Hall–Kier alpha value is -1.82. The summed E-state index contributed by atoms with van der Waals surface area (Å²) in [5, 5.41) is 0. The molecule has 2 aromatic rings. The molecular formula is C65H112N2Pd. The van der Waals surface area contributed by atoms with Gasteiger partial charge in [-0.15, -0.1) is 0 Å². The van der Waals surface area contributed by atoms with Gasteiger partial charge < -0.3 is 19.4 Å². The second-order valence-corrected chi connectivity index (χ2v) is 20.6. The van der Waals surface area contributed by atoms with Crippen LogP contribution in [0.25, 0.3) is 16.9 Å². The average molecular weight is 1030 g/mol. The molecule has 2 aromatic carbocycles. The van der Waals surface area contributed by atoms with E-state index in [0.717, 1.165) is 62.8 Å². The van der Waals surface area contributed by atoms with Crippen LogP contribution in [0.2, 0.25) is 0 Å². The number of benzene rings is 2. The molecule has 1 aliphatic rings. The van der Waals surface area contributed by atoms with Crippen LogP contribution < -0.4 is 0 Å². The van der Waals surface area contributed by atoms with Crippen LogP contribution in [0.3, 0.4) is 0 Å². The van der Waals surface area contributed by atoms with E-state index in [1.807, 2.05) is 0 Å². The van der Waals surface area contributed by atoms with E-state index in [-0.39, 0.29) is 20.4 Å². The van der Waals surface area contributed by atoms with Crippen LogP contribution in [0.15, 0.2) is 35.4 Å². The molecule has 0 fully saturated rings.